The Bertz CT molecular complexity index is 718. The van der Waals surface area contributed by atoms with E-state index in [1.807, 2.05) is 0 Å². The Morgan fingerprint density at radius 3 is 2.08 bits per heavy atom. The number of anilines is 1. The molecule has 2 saturated carbocycles. The first-order valence-electron chi connectivity index (χ1n) is 8.86. The quantitative estimate of drug-likeness (QED) is 0.436. The van der Waals surface area contributed by atoms with Crippen LogP contribution in [-0.2, 0) is 14.3 Å². The molecular weight excluding hydrogens is 377 g/mol. The van der Waals surface area contributed by atoms with E-state index in [2.05, 4.69) is 0 Å². The fourth-order valence-electron chi connectivity index (χ4n) is 4.73. The smallest absolute Gasteiger partial charge is 0.338 e. The van der Waals surface area contributed by atoms with Crippen molar-refractivity contribution in [2.45, 2.75) is 25.4 Å². The minimum Gasteiger partial charge on any atom is -0.456 e. The number of nitrogens with zero attached hydrogens (tertiary/aromatic N) is 1. The molecule has 0 spiro atoms. The Balaban J connectivity index is 1.52. The van der Waals surface area contributed by atoms with Crippen LogP contribution in [0.2, 0.25) is 0 Å². The van der Waals surface area contributed by atoms with E-state index in [-0.39, 0.29) is 35.4 Å². The van der Waals surface area contributed by atoms with Crippen molar-refractivity contribution in [3.8, 4) is 0 Å². The van der Waals surface area contributed by atoms with Crippen LogP contribution in [0.1, 0.15) is 29.6 Å². The summed E-state index contributed by atoms with van der Waals surface area (Å²) in [5.41, 5.74) is 0.838. The molecule has 4 rings (SSSR count). The molecular formula is C19H19Cl2NO4. The number of alkyl halides is 2. The van der Waals surface area contributed by atoms with Crippen molar-refractivity contribution in [2.24, 2.45) is 23.7 Å². The molecule has 2 bridgehead atoms. The minimum absolute atomic E-state index is 0.0909. The summed E-state index contributed by atoms with van der Waals surface area (Å²) in [6.45, 7) is 0. The van der Waals surface area contributed by atoms with Crippen LogP contribution in [-0.4, -0.2) is 35.6 Å². The summed E-state index contributed by atoms with van der Waals surface area (Å²) in [5, 5.41) is 0. The van der Waals surface area contributed by atoms with Gasteiger partial charge in [0, 0.05) is 0 Å². The van der Waals surface area contributed by atoms with Crippen molar-refractivity contribution in [3.63, 3.8) is 0 Å². The molecule has 4 atom stereocenters. The maximum atomic E-state index is 12.8. The molecule has 1 saturated heterocycles. The molecule has 7 heteroatoms. The largest absolute Gasteiger partial charge is 0.456 e. The highest BCUT2D eigenvalue weighted by Gasteiger charge is 2.61. The lowest BCUT2D eigenvalue weighted by atomic mass is 9.81. The van der Waals surface area contributed by atoms with Gasteiger partial charge in [0.15, 0.2) is 0 Å². The van der Waals surface area contributed by atoms with Gasteiger partial charge in [-0.15, -0.1) is 23.2 Å². The van der Waals surface area contributed by atoms with E-state index < -0.39 is 12.1 Å². The van der Waals surface area contributed by atoms with Gasteiger partial charge in [0.1, 0.15) is 6.10 Å². The van der Waals surface area contributed by atoms with Gasteiger partial charge in [0.25, 0.3) is 0 Å². The van der Waals surface area contributed by atoms with Crippen LogP contribution >= 0.6 is 23.2 Å². The molecule has 1 heterocycles. The third-order valence-electron chi connectivity index (χ3n) is 5.91. The van der Waals surface area contributed by atoms with Crippen molar-refractivity contribution in [1.29, 1.82) is 0 Å². The number of carbonyl (C=O) groups is 3. The van der Waals surface area contributed by atoms with Gasteiger partial charge < -0.3 is 4.74 Å². The van der Waals surface area contributed by atoms with E-state index in [9.17, 15) is 14.4 Å². The van der Waals surface area contributed by atoms with E-state index in [0.717, 1.165) is 19.3 Å². The normalized spacial score (nSPS) is 29.6. The Labute approximate surface area is 161 Å². The number of fused-ring (bicyclic) bond motifs is 5. The molecule has 0 unspecified atom stereocenters. The van der Waals surface area contributed by atoms with Crippen LogP contribution in [0.25, 0.3) is 0 Å². The number of esters is 1. The molecule has 0 radical (unpaired) electrons. The zero-order valence-electron chi connectivity index (χ0n) is 14.1. The number of benzene rings is 1. The monoisotopic (exact) mass is 395 g/mol. The Kier molecular flexibility index (Phi) is 4.70. The molecule has 138 valence electrons. The number of hydrogen-bond acceptors (Lipinski definition) is 4. The lowest BCUT2D eigenvalue weighted by molar-refractivity contribution is -0.123. The zero-order chi connectivity index (χ0) is 18.4. The van der Waals surface area contributed by atoms with E-state index in [0.29, 0.717) is 23.1 Å². The first-order chi connectivity index (χ1) is 12.5. The van der Waals surface area contributed by atoms with Gasteiger partial charge in [0.2, 0.25) is 11.8 Å². The predicted molar refractivity (Wildman–Crippen MR) is 97.4 cm³/mol. The Morgan fingerprint density at radius 2 is 1.58 bits per heavy atom. The van der Waals surface area contributed by atoms with E-state index in [1.54, 1.807) is 24.3 Å². The number of rotatable bonds is 5. The standard InChI is InChI=1S/C19H19Cl2NO4/c20-8-14(9-21)26-19(25)10-3-5-13(6-4-10)22-17(23)15-11-1-2-12(7-11)16(15)18(22)24/h3-6,11-12,14-16H,1-2,7-9H2/t11-,12-,15+,16+/m1/s1. The molecule has 26 heavy (non-hydrogen) atoms. The maximum Gasteiger partial charge on any atom is 0.338 e. The Hall–Kier alpha value is -1.59. The Morgan fingerprint density at radius 1 is 1.04 bits per heavy atom. The second-order valence-electron chi connectivity index (χ2n) is 7.28. The van der Waals surface area contributed by atoms with Crippen molar-refractivity contribution < 1.29 is 19.1 Å². The van der Waals surface area contributed by atoms with E-state index >= 15 is 0 Å². The van der Waals surface area contributed by atoms with Crippen molar-refractivity contribution in [3.05, 3.63) is 29.8 Å². The van der Waals surface area contributed by atoms with Gasteiger partial charge in [-0.25, -0.2) is 4.79 Å². The molecule has 0 aromatic heterocycles. The topological polar surface area (TPSA) is 63.7 Å². The molecule has 0 N–H and O–H groups in total. The zero-order valence-corrected chi connectivity index (χ0v) is 15.6. The average molecular weight is 396 g/mol. The molecule has 1 aromatic carbocycles. The van der Waals surface area contributed by atoms with Crippen LogP contribution in [0.4, 0.5) is 5.69 Å². The van der Waals surface area contributed by atoms with Gasteiger partial charge in [0.05, 0.1) is 34.8 Å². The molecule has 1 aliphatic heterocycles. The number of hydrogen-bond donors (Lipinski definition) is 0. The van der Waals surface area contributed by atoms with Crippen molar-refractivity contribution >= 4 is 46.7 Å². The second kappa shape index (κ2) is 6.86. The summed E-state index contributed by atoms with van der Waals surface area (Å²) in [5.74, 6) is -0.0778. The molecule has 3 aliphatic rings. The van der Waals surface area contributed by atoms with Crippen LogP contribution in [0, 0.1) is 23.7 Å². The molecule has 2 amide bonds. The SMILES string of the molecule is O=C(OC(CCl)CCl)c1ccc(N2C(=O)[C@H]3[C@@H]4CC[C@H](C4)[C@@H]3C2=O)cc1. The number of carbonyl (C=O) groups excluding carboxylic acids is 3. The van der Waals surface area contributed by atoms with Crippen LogP contribution in [0.5, 0.6) is 0 Å². The van der Waals surface area contributed by atoms with Crippen molar-refractivity contribution in [2.75, 3.05) is 16.7 Å². The number of amides is 2. The second-order valence-corrected chi connectivity index (χ2v) is 7.90. The first kappa shape index (κ1) is 17.8. The number of halogens is 2. The van der Waals surface area contributed by atoms with Gasteiger partial charge >= 0.3 is 5.97 Å². The molecule has 1 aromatic rings. The fraction of sp³-hybridized carbons (Fsp3) is 0.526. The number of ether oxygens (including phenoxy) is 1. The van der Waals surface area contributed by atoms with Gasteiger partial charge in [-0.3, -0.25) is 14.5 Å². The van der Waals surface area contributed by atoms with E-state index in [4.69, 9.17) is 27.9 Å². The fourth-order valence-corrected chi connectivity index (χ4v) is 5.19. The average Bonchev–Trinajstić information content (AvgIpc) is 3.33. The minimum atomic E-state index is -0.554. The van der Waals surface area contributed by atoms with Crippen LogP contribution < -0.4 is 4.90 Å². The first-order valence-corrected chi connectivity index (χ1v) is 9.92. The maximum absolute atomic E-state index is 12.8. The van der Waals surface area contributed by atoms with Gasteiger partial charge in [-0.05, 0) is 55.4 Å². The summed E-state index contributed by atoms with van der Waals surface area (Å²) in [6, 6.07) is 6.35. The summed E-state index contributed by atoms with van der Waals surface area (Å²) < 4.78 is 5.19. The van der Waals surface area contributed by atoms with Crippen LogP contribution in [0.15, 0.2) is 24.3 Å². The van der Waals surface area contributed by atoms with Crippen molar-refractivity contribution in [1.82, 2.24) is 0 Å². The lowest BCUT2D eigenvalue weighted by Crippen LogP contribution is -2.32. The highest BCUT2D eigenvalue weighted by molar-refractivity contribution is 6.23. The highest BCUT2D eigenvalue weighted by Crippen LogP contribution is 2.56. The summed E-state index contributed by atoms with van der Waals surface area (Å²) >= 11 is 11.3. The molecule has 5 nitrogen and oxygen atoms in total. The predicted octanol–water partition coefficient (Wildman–Crippen LogP) is 3.23. The van der Waals surface area contributed by atoms with Gasteiger partial charge in [-0.2, -0.15) is 0 Å². The number of imide groups is 1. The third kappa shape index (κ3) is 2.72. The van der Waals surface area contributed by atoms with E-state index in [1.165, 1.54) is 4.90 Å². The summed E-state index contributed by atoms with van der Waals surface area (Å²) in [6.07, 6.45) is 2.55. The molecule has 2 aliphatic carbocycles. The molecule has 3 fully saturated rings. The summed E-state index contributed by atoms with van der Waals surface area (Å²) in [7, 11) is 0. The highest BCUT2D eigenvalue weighted by atomic mass is 35.5. The lowest BCUT2D eigenvalue weighted by Gasteiger charge is -2.19. The van der Waals surface area contributed by atoms with Gasteiger partial charge in [-0.1, -0.05) is 0 Å². The van der Waals surface area contributed by atoms with Crippen LogP contribution in [0.3, 0.4) is 0 Å². The summed E-state index contributed by atoms with van der Waals surface area (Å²) in [4.78, 5) is 39.0. The third-order valence-corrected chi connectivity index (χ3v) is 6.59.